The highest BCUT2D eigenvalue weighted by Gasteiger charge is 2.24. The third-order valence-electron chi connectivity index (χ3n) is 3.81. The van der Waals surface area contributed by atoms with E-state index in [1.165, 1.54) is 0 Å². The summed E-state index contributed by atoms with van der Waals surface area (Å²) in [5, 5.41) is 18.1. The topological polar surface area (TPSA) is 70.0 Å². The van der Waals surface area contributed by atoms with E-state index < -0.39 is 5.97 Å². The van der Waals surface area contributed by atoms with Crippen LogP contribution in [0.25, 0.3) is 6.08 Å². The molecule has 0 bridgehead atoms. The molecule has 5 heteroatoms. The molecule has 1 aromatic carbocycles. The van der Waals surface area contributed by atoms with Crippen LogP contribution in [0.15, 0.2) is 24.3 Å². The van der Waals surface area contributed by atoms with E-state index in [1.54, 1.807) is 13.2 Å². The van der Waals surface area contributed by atoms with Crippen LogP contribution in [0.4, 0.5) is 0 Å². The number of carbonyl (C=O) groups is 1. The fraction of sp³-hybridized carbons (Fsp3) is 0.438. The molecule has 2 N–H and O–H groups in total. The zero-order valence-electron chi connectivity index (χ0n) is 12.2. The van der Waals surface area contributed by atoms with Gasteiger partial charge >= 0.3 is 5.97 Å². The Hall–Kier alpha value is -1.85. The van der Waals surface area contributed by atoms with Gasteiger partial charge in [0.2, 0.25) is 0 Å². The minimum absolute atomic E-state index is 0.168. The highest BCUT2D eigenvalue weighted by Crippen LogP contribution is 2.26. The third kappa shape index (κ3) is 4.06. The zero-order chi connectivity index (χ0) is 15.2. The highest BCUT2D eigenvalue weighted by molar-refractivity contribution is 5.85. The summed E-state index contributed by atoms with van der Waals surface area (Å²) >= 11 is 0. The molecule has 114 valence electrons. The first kappa shape index (κ1) is 15.5. The predicted octanol–water partition coefficient (Wildman–Crippen LogP) is 1.75. The van der Waals surface area contributed by atoms with Gasteiger partial charge in [0.15, 0.2) is 0 Å². The molecule has 0 amide bonds. The number of hydrogen-bond donors (Lipinski definition) is 2. The van der Waals surface area contributed by atoms with Crippen molar-refractivity contribution in [1.29, 1.82) is 0 Å². The molecule has 5 nitrogen and oxygen atoms in total. The Bertz CT molecular complexity index is 527. The Morgan fingerprint density at radius 3 is 3.00 bits per heavy atom. The smallest absolute Gasteiger partial charge is 0.328 e. The largest absolute Gasteiger partial charge is 0.496 e. The summed E-state index contributed by atoms with van der Waals surface area (Å²) in [5.74, 6) is -0.182. The fourth-order valence-electron chi connectivity index (χ4n) is 2.72. The number of rotatable bonds is 6. The molecule has 1 fully saturated rings. The van der Waals surface area contributed by atoms with Crippen molar-refractivity contribution in [3.8, 4) is 5.75 Å². The molecule has 2 rings (SSSR count). The van der Waals surface area contributed by atoms with Gasteiger partial charge in [-0.2, -0.15) is 0 Å². The average molecular weight is 291 g/mol. The molecule has 1 aliphatic heterocycles. The average Bonchev–Trinajstić information content (AvgIpc) is 2.92. The summed E-state index contributed by atoms with van der Waals surface area (Å²) in [5.41, 5.74) is 1.83. The number of ether oxygens (including phenoxy) is 1. The lowest BCUT2D eigenvalue weighted by Gasteiger charge is -2.23. The molecule has 1 atom stereocenters. The first-order valence-electron chi connectivity index (χ1n) is 7.07. The second kappa shape index (κ2) is 7.24. The Morgan fingerprint density at radius 2 is 2.33 bits per heavy atom. The van der Waals surface area contributed by atoms with Crippen molar-refractivity contribution in [2.75, 3.05) is 20.3 Å². The Balaban J connectivity index is 2.19. The molecule has 0 aliphatic carbocycles. The molecule has 1 heterocycles. The van der Waals surface area contributed by atoms with Gasteiger partial charge in [0, 0.05) is 24.2 Å². The molecule has 1 aromatic rings. The fourth-order valence-corrected chi connectivity index (χ4v) is 2.72. The van der Waals surface area contributed by atoms with Crippen molar-refractivity contribution in [2.24, 2.45) is 0 Å². The summed E-state index contributed by atoms with van der Waals surface area (Å²) in [6.07, 6.45) is 4.79. The van der Waals surface area contributed by atoms with Crippen LogP contribution in [0, 0.1) is 0 Å². The molecule has 0 saturated carbocycles. The van der Waals surface area contributed by atoms with Gasteiger partial charge in [-0.05, 0) is 43.2 Å². The maximum absolute atomic E-state index is 10.6. The van der Waals surface area contributed by atoms with Gasteiger partial charge in [0.1, 0.15) is 5.75 Å². The Kier molecular flexibility index (Phi) is 5.36. The van der Waals surface area contributed by atoms with Gasteiger partial charge in [-0.15, -0.1) is 0 Å². The zero-order valence-corrected chi connectivity index (χ0v) is 12.2. The van der Waals surface area contributed by atoms with E-state index in [0.29, 0.717) is 6.54 Å². The lowest BCUT2D eigenvalue weighted by atomic mass is 10.1. The van der Waals surface area contributed by atoms with Crippen LogP contribution in [0.5, 0.6) is 5.75 Å². The summed E-state index contributed by atoms with van der Waals surface area (Å²) < 4.78 is 5.38. The van der Waals surface area contributed by atoms with Crippen LogP contribution in [-0.2, 0) is 11.3 Å². The second-order valence-corrected chi connectivity index (χ2v) is 5.19. The van der Waals surface area contributed by atoms with E-state index in [4.69, 9.17) is 9.84 Å². The van der Waals surface area contributed by atoms with E-state index in [-0.39, 0.29) is 12.6 Å². The molecular weight excluding hydrogens is 270 g/mol. The van der Waals surface area contributed by atoms with Crippen molar-refractivity contribution in [3.63, 3.8) is 0 Å². The third-order valence-corrected chi connectivity index (χ3v) is 3.81. The van der Waals surface area contributed by atoms with E-state index in [0.717, 1.165) is 42.3 Å². The number of benzene rings is 1. The number of aliphatic carboxylic acids is 1. The number of hydrogen-bond acceptors (Lipinski definition) is 4. The van der Waals surface area contributed by atoms with Crippen LogP contribution >= 0.6 is 0 Å². The van der Waals surface area contributed by atoms with E-state index >= 15 is 0 Å². The van der Waals surface area contributed by atoms with Gasteiger partial charge in [-0.3, -0.25) is 4.90 Å². The molecule has 1 saturated heterocycles. The first-order valence-corrected chi connectivity index (χ1v) is 7.07. The molecule has 1 aliphatic rings. The number of likely N-dealkylation sites (tertiary alicyclic amines) is 1. The number of carboxylic acids is 1. The predicted molar refractivity (Wildman–Crippen MR) is 80.2 cm³/mol. The highest BCUT2D eigenvalue weighted by atomic mass is 16.5. The number of nitrogens with zero attached hydrogens (tertiary/aromatic N) is 1. The lowest BCUT2D eigenvalue weighted by Crippen LogP contribution is -2.31. The van der Waals surface area contributed by atoms with E-state index in [9.17, 15) is 9.90 Å². The van der Waals surface area contributed by atoms with Crippen LogP contribution in [0.1, 0.15) is 24.0 Å². The van der Waals surface area contributed by atoms with Gasteiger partial charge in [0.25, 0.3) is 0 Å². The van der Waals surface area contributed by atoms with Gasteiger partial charge in [-0.25, -0.2) is 4.79 Å². The molecule has 1 unspecified atom stereocenters. The standard InChI is InChI=1S/C16H21NO4/c1-21-15-6-4-12(5-7-16(19)20)9-13(15)10-17-8-2-3-14(17)11-18/h4-7,9,14,18H,2-3,8,10-11H2,1H3,(H,19,20). The number of methoxy groups -OCH3 is 1. The Labute approximate surface area is 124 Å². The van der Waals surface area contributed by atoms with Gasteiger partial charge in [0.05, 0.1) is 13.7 Å². The minimum atomic E-state index is -0.966. The molecule has 0 spiro atoms. The van der Waals surface area contributed by atoms with Crippen LogP contribution < -0.4 is 4.74 Å². The SMILES string of the molecule is COc1ccc(C=CC(=O)O)cc1CN1CCCC1CO. The van der Waals surface area contributed by atoms with E-state index in [1.807, 2.05) is 18.2 Å². The van der Waals surface area contributed by atoms with E-state index in [2.05, 4.69) is 4.90 Å². The van der Waals surface area contributed by atoms with Crippen molar-refractivity contribution >= 4 is 12.0 Å². The summed E-state index contributed by atoms with van der Waals surface area (Å²) in [6.45, 7) is 1.83. The number of carboxylic acid groups (broad SMARTS) is 1. The normalized spacial score (nSPS) is 19.2. The van der Waals surface area contributed by atoms with Crippen LogP contribution in [0.3, 0.4) is 0 Å². The van der Waals surface area contributed by atoms with Crippen molar-refractivity contribution in [3.05, 3.63) is 35.4 Å². The van der Waals surface area contributed by atoms with Gasteiger partial charge < -0.3 is 14.9 Å². The summed E-state index contributed by atoms with van der Waals surface area (Å²) in [7, 11) is 1.62. The van der Waals surface area contributed by atoms with Crippen molar-refractivity contribution in [1.82, 2.24) is 4.90 Å². The molecule has 21 heavy (non-hydrogen) atoms. The number of aliphatic hydroxyl groups is 1. The monoisotopic (exact) mass is 291 g/mol. The van der Waals surface area contributed by atoms with Crippen LogP contribution in [0.2, 0.25) is 0 Å². The van der Waals surface area contributed by atoms with Gasteiger partial charge in [-0.1, -0.05) is 6.07 Å². The maximum Gasteiger partial charge on any atom is 0.328 e. The summed E-state index contributed by atoms with van der Waals surface area (Å²) in [4.78, 5) is 12.8. The number of aliphatic hydroxyl groups excluding tert-OH is 1. The Morgan fingerprint density at radius 1 is 1.52 bits per heavy atom. The first-order chi connectivity index (χ1) is 10.1. The molecule has 0 aromatic heterocycles. The maximum atomic E-state index is 10.6. The van der Waals surface area contributed by atoms with Crippen molar-refractivity contribution < 1.29 is 19.7 Å². The second-order valence-electron chi connectivity index (χ2n) is 5.19. The van der Waals surface area contributed by atoms with Crippen molar-refractivity contribution in [2.45, 2.75) is 25.4 Å². The minimum Gasteiger partial charge on any atom is -0.496 e. The lowest BCUT2D eigenvalue weighted by molar-refractivity contribution is -0.131. The van der Waals surface area contributed by atoms with Crippen LogP contribution in [-0.4, -0.2) is 47.4 Å². The molecular formula is C16H21NO4. The molecule has 0 radical (unpaired) electrons. The summed E-state index contributed by atoms with van der Waals surface area (Å²) in [6, 6.07) is 5.81. The quantitative estimate of drug-likeness (QED) is 0.781.